The minimum absolute atomic E-state index is 0.00335. The topological polar surface area (TPSA) is 112 Å². The first kappa shape index (κ1) is 17.4. The van der Waals surface area contributed by atoms with Crippen molar-refractivity contribution in [2.45, 2.75) is 43.7 Å². The van der Waals surface area contributed by atoms with Crippen molar-refractivity contribution in [3.8, 4) is 0 Å². The van der Waals surface area contributed by atoms with E-state index in [1.165, 1.54) is 30.0 Å². The first-order valence-electron chi connectivity index (χ1n) is 7.96. The molecule has 25 heavy (non-hydrogen) atoms. The average Bonchev–Trinajstić information content (AvgIpc) is 3.36. The number of carbonyl (C=O) groups is 3. The van der Waals surface area contributed by atoms with Gasteiger partial charge in [0.15, 0.2) is 0 Å². The molecule has 1 aliphatic carbocycles. The monoisotopic (exact) mass is 366 g/mol. The highest BCUT2D eigenvalue weighted by atomic mass is 32.2. The highest BCUT2D eigenvalue weighted by molar-refractivity contribution is 7.90. The number of benzene rings is 1. The lowest BCUT2D eigenvalue weighted by molar-refractivity contribution is -0.141. The summed E-state index contributed by atoms with van der Waals surface area (Å²) in [4.78, 5) is 37.3. The Kier molecular flexibility index (Phi) is 4.06. The van der Waals surface area contributed by atoms with Crippen molar-refractivity contribution < 1.29 is 27.9 Å². The molecular weight excluding hydrogens is 348 g/mol. The van der Waals surface area contributed by atoms with Gasteiger partial charge in [-0.3, -0.25) is 9.59 Å². The van der Waals surface area contributed by atoms with Crippen LogP contribution in [0.1, 0.15) is 47.4 Å². The lowest BCUT2D eigenvalue weighted by atomic mass is 10.1. The molecule has 134 valence electrons. The molecule has 0 radical (unpaired) electrons. The molecule has 1 unspecified atom stereocenters. The van der Waals surface area contributed by atoms with Crippen LogP contribution in [0.2, 0.25) is 0 Å². The van der Waals surface area contributed by atoms with Gasteiger partial charge >= 0.3 is 5.97 Å². The van der Waals surface area contributed by atoms with Crippen LogP contribution in [0.3, 0.4) is 0 Å². The van der Waals surface area contributed by atoms with Crippen molar-refractivity contribution in [3.63, 3.8) is 0 Å². The summed E-state index contributed by atoms with van der Waals surface area (Å²) in [5.74, 6) is -2.28. The SMILES string of the molecule is CCN1C(=O)c2ccc(C(=O)N(C3CC3)C(C)C(=O)O)cc2S1(=O)=O. The normalized spacial score (nSPS) is 19.4. The lowest BCUT2D eigenvalue weighted by Crippen LogP contribution is -2.44. The molecule has 0 saturated heterocycles. The average molecular weight is 366 g/mol. The Labute approximate surface area is 145 Å². The number of hydrogen-bond donors (Lipinski definition) is 1. The first-order valence-corrected chi connectivity index (χ1v) is 9.40. The Morgan fingerprint density at radius 3 is 2.52 bits per heavy atom. The number of hydrogen-bond acceptors (Lipinski definition) is 5. The van der Waals surface area contributed by atoms with Crippen molar-refractivity contribution >= 4 is 27.8 Å². The van der Waals surface area contributed by atoms with Gasteiger partial charge < -0.3 is 10.0 Å². The third-order valence-corrected chi connectivity index (χ3v) is 6.39. The fourth-order valence-corrected chi connectivity index (χ4v) is 4.60. The second-order valence-corrected chi connectivity index (χ2v) is 7.97. The maximum Gasteiger partial charge on any atom is 0.326 e. The van der Waals surface area contributed by atoms with Gasteiger partial charge in [0, 0.05) is 18.2 Å². The van der Waals surface area contributed by atoms with Crippen LogP contribution in [0.15, 0.2) is 23.1 Å². The molecule has 8 nitrogen and oxygen atoms in total. The highest BCUT2D eigenvalue weighted by Crippen LogP contribution is 2.33. The van der Waals surface area contributed by atoms with Gasteiger partial charge in [0.05, 0.1) is 5.56 Å². The zero-order valence-electron chi connectivity index (χ0n) is 13.8. The van der Waals surface area contributed by atoms with E-state index in [9.17, 15) is 27.9 Å². The molecule has 9 heteroatoms. The third kappa shape index (κ3) is 2.68. The number of sulfonamides is 1. The Balaban J connectivity index is 2.02. The predicted octanol–water partition coefficient (Wildman–Crippen LogP) is 0.929. The molecule has 1 atom stereocenters. The molecule has 1 aliphatic heterocycles. The predicted molar refractivity (Wildman–Crippen MR) is 86.6 cm³/mol. The van der Waals surface area contributed by atoms with Crippen molar-refractivity contribution in [1.82, 2.24) is 9.21 Å². The van der Waals surface area contributed by atoms with Crippen LogP contribution in [0, 0.1) is 0 Å². The zero-order chi connectivity index (χ0) is 18.5. The van der Waals surface area contributed by atoms with Crippen molar-refractivity contribution in [2.24, 2.45) is 0 Å². The minimum Gasteiger partial charge on any atom is -0.480 e. The van der Waals surface area contributed by atoms with Crippen molar-refractivity contribution in [2.75, 3.05) is 6.54 Å². The summed E-state index contributed by atoms with van der Waals surface area (Å²) in [5.41, 5.74) is 0.0933. The van der Waals surface area contributed by atoms with Crippen LogP contribution in [0.5, 0.6) is 0 Å². The summed E-state index contributed by atoms with van der Waals surface area (Å²) in [7, 11) is -3.97. The molecular formula is C16H18N2O6S. The van der Waals surface area contributed by atoms with Gasteiger partial charge in [-0.2, -0.15) is 0 Å². The molecule has 1 saturated carbocycles. The molecule has 1 aromatic carbocycles. The van der Waals surface area contributed by atoms with Gasteiger partial charge in [-0.25, -0.2) is 17.5 Å². The summed E-state index contributed by atoms with van der Waals surface area (Å²) < 4.78 is 25.6. The van der Waals surface area contributed by atoms with E-state index in [2.05, 4.69) is 0 Å². The van der Waals surface area contributed by atoms with E-state index in [0.29, 0.717) is 12.8 Å². The standard InChI is InChI=1S/C16H18N2O6S/c1-3-17-15(20)12-7-4-10(8-13(12)25(17,23)24)14(19)18(11-5-6-11)9(2)16(21)22/h4,7-9,11H,3,5-6H2,1-2H3,(H,21,22). The molecule has 0 spiro atoms. The maximum absolute atomic E-state index is 12.8. The number of aliphatic carboxylic acids is 1. The largest absolute Gasteiger partial charge is 0.480 e. The molecule has 1 N–H and O–H groups in total. The van der Waals surface area contributed by atoms with E-state index in [1.54, 1.807) is 6.92 Å². The molecule has 1 fully saturated rings. The van der Waals surface area contributed by atoms with E-state index < -0.39 is 33.8 Å². The van der Waals surface area contributed by atoms with Gasteiger partial charge in [-0.1, -0.05) is 0 Å². The number of amides is 2. The molecule has 1 heterocycles. The van der Waals surface area contributed by atoms with Gasteiger partial charge in [0.1, 0.15) is 10.9 Å². The van der Waals surface area contributed by atoms with E-state index in [0.717, 1.165) is 4.31 Å². The van der Waals surface area contributed by atoms with E-state index in [4.69, 9.17) is 0 Å². The van der Waals surface area contributed by atoms with E-state index >= 15 is 0 Å². The summed E-state index contributed by atoms with van der Waals surface area (Å²) >= 11 is 0. The molecule has 2 aliphatic rings. The highest BCUT2D eigenvalue weighted by Gasteiger charge is 2.42. The Hall–Kier alpha value is -2.42. The van der Waals surface area contributed by atoms with Crippen molar-refractivity contribution in [3.05, 3.63) is 29.3 Å². The molecule has 0 aromatic heterocycles. The quantitative estimate of drug-likeness (QED) is 0.830. The fraction of sp³-hybridized carbons (Fsp3) is 0.438. The van der Waals surface area contributed by atoms with Gasteiger partial charge in [0.2, 0.25) is 0 Å². The summed E-state index contributed by atoms with van der Waals surface area (Å²) in [6.45, 7) is 2.98. The summed E-state index contributed by atoms with van der Waals surface area (Å²) in [5, 5.41) is 9.22. The van der Waals surface area contributed by atoms with Crippen LogP contribution >= 0.6 is 0 Å². The molecule has 2 amide bonds. The first-order chi connectivity index (χ1) is 11.7. The van der Waals surface area contributed by atoms with E-state index in [-0.39, 0.29) is 28.6 Å². The van der Waals surface area contributed by atoms with Crippen LogP contribution < -0.4 is 0 Å². The second-order valence-electron chi connectivity index (χ2n) is 6.14. The van der Waals surface area contributed by atoms with Gasteiger partial charge in [-0.15, -0.1) is 0 Å². The zero-order valence-corrected chi connectivity index (χ0v) is 14.6. The smallest absolute Gasteiger partial charge is 0.326 e. The molecule has 3 rings (SSSR count). The van der Waals surface area contributed by atoms with Gasteiger partial charge in [0.25, 0.3) is 21.8 Å². The molecule has 0 bridgehead atoms. The van der Waals surface area contributed by atoms with E-state index in [1.807, 2.05) is 0 Å². The Morgan fingerprint density at radius 1 is 1.36 bits per heavy atom. The number of carboxylic acids is 1. The van der Waals surface area contributed by atoms with Crippen LogP contribution in [0.4, 0.5) is 0 Å². The number of nitrogens with zero attached hydrogens (tertiary/aromatic N) is 2. The van der Waals surface area contributed by atoms with Crippen LogP contribution in [-0.2, 0) is 14.8 Å². The second kappa shape index (κ2) is 5.83. The van der Waals surface area contributed by atoms with Crippen LogP contribution in [-0.4, -0.2) is 59.1 Å². The Bertz CT molecular complexity index is 875. The Morgan fingerprint density at radius 2 is 2.00 bits per heavy atom. The number of fused-ring (bicyclic) bond motifs is 1. The third-order valence-electron chi connectivity index (χ3n) is 4.49. The lowest BCUT2D eigenvalue weighted by Gasteiger charge is -2.26. The number of carboxylic acid groups (broad SMARTS) is 1. The van der Waals surface area contributed by atoms with Crippen LogP contribution in [0.25, 0.3) is 0 Å². The maximum atomic E-state index is 12.8. The van der Waals surface area contributed by atoms with Gasteiger partial charge in [-0.05, 0) is 44.9 Å². The molecule has 1 aromatic rings. The number of carbonyl (C=O) groups excluding carboxylic acids is 2. The minimum atomic E-state index is -3.97. The fourth-order valence-electron chi connectivity index (χ4n) is 3.00. The van der Waals surface area contributed by atoms with Crippen molar-refractivity contribution in [1.29, 1.82) is 0 Å². The summed E-state index contributed by atoms with van der Waals surface area (Å²) in [6, 6.07) is 2.69. The number of rotatable bonds is 5. The summed E-state index contributed by atoms with van der Waals surface area (Å²) in [6.07, 6.45) is 1.43.